The van der Waals surface area contributed by atoms with E-state index in [2.05, 4.69) is 0 Å². The van der Waals surface area contributed by atoms with Crippen molar-refractivity contribution in [1.82, 2.24) is 9.13 Å². The molecule has 0 aliphatic rings. The number of nitro groups is 1. The molecular formula is C14H14ClFN4O4. The second-order valence-electron chi connectivity index (χ2n) is 5.21. The number of nitrogen functional groups attached to an aromatic ring is 1. The molecule has 10 heteroatoms. The van der Waals surface area contributed by atoms with Gasteiger partial charge in [0.05, 0.1) is 11.5 Å². The van der Waals surface area contributed by atoms with Crippen LogP contribution in [0.4, 0.5) is 10.2 Å². The van der Waals surface area contributed by atoms with Crippen LogP contribution in [-0.2, 0) is 14.1 Å². The third kappa shape index (κ3) is 2.90. The normalized spacial score (nSPS) is 12.2. The molecule has 1 heterocycles. The molecule has 1 atom stereocenters. The fourth-order valence-electron chi connectivity index (χ4n) is 2.53. The molecule has 2 N–H and O–H groups in total. The Morgan fingerprint density at radius 2 is 1.92 bits per heavy atom. The van der Waals surface area contributed by atoms with Crippen molar-refractivity contribution in [3.8, 4) is 0 Å². The summed E-state index contributed by atoms with van der Waals surface area (Å²) in [6.45, 7) is -0.807. The summed E-state index contributed by atoms with van der Waals surface area (Å²) in [5.74, 6) is -2.40. The van der Waals surface area contributed by atoms with Crippen molar-refractivity contribution in [3.05, 3.63) is 71.1 Å². The summed E-state index contributed by atoms with van der Waals surface area (Å²) < 4.78 is 16.0. The van der Waals surface area contributed by atoms with Crippen LogP contribution in [0.25, 0.3) is 0 Å². The minimum atomic E-state index is -1.33. The van der Waals surface area contributed by atoms with Gasteiger partial charge in [-0.25, -0.2) is 9.18 Å². The third-order valence-electron chi connectivity index (χ3n) is 3.77. The SMILES string of the molecule is Cn1c(N)c([C@@H](C[N+](=O)[O-])c2c(F)cccc2Cl)c(=O)n(C)c1=O. The van der Waals surface area contributed by atoms with Gasteiger partial charge >= 0.3 is 5.69 Å². The molecule has 0 radical (unpaired) electrons. The van der Waals surface area contributed by atoms with Gasteiger partial charge in [-0.1, -0.05) is 17.7 Å². The molecule has 128 valence electrons. The lowest BCUT2D eigenvalue weighted by Crippen LogP contribution is -2.42. The van der Waals surface area contributed by atoms with Crippen LogP contribution in [0.1, 0.15) is 17.0 Å². The Kier molecular flexibility index (Phi) is 4.74. The summed E-state index contributed by atoms with van der Waals surface area (Å²) in [6.07, 6.45) is 0. The van der Waals surface area contributed by atoms with Gasteiger partial charge in [0.15, 0.2) is 0 Å². The van der Waals surface area contributed by atoms with Gasteiger partial charge in [0.2, 0.25) is 6.54 Å². The van der Waals surface area contributed by atoms with Crippen molar-refractivity contribution in [2.45, 2.75) is 5.92 Å². The highest BCUT2D eigenvalue weighted by Crippen LogP contribution is 2.33. The van der Waals surface area contributed by atoms with E-state index >= 15 is 0 Å². The maximum absolute atomic E-state index is 14.3. The largest absolute Gasteiger partial charge is 0.385 e. The van der Waals surface area contributed by atoms with E-state index in [0.29, 0.717) is 0 Å². The number of benzene rings is 1. The first-order valence-corrected chi connectivity index (χ1v) is 7.15. The number of rotatable bonds is 4. The number of nitrogens with two attached hydrogens (primary N) is 1. The Morgan fingerprint density at radius 3 is 2.46 bits per heavy atom. The molecular weight excluding hydrogens is 343 g/mol. The van der Waals surface area contributed by atoms with Crippen LogP contribution in [0, 0.1) is 15.9 Å². The van der Waals surface area contributed by atoms with Gasteiger partial charge in [0.1, 0.15) is 11.6 Å². The highest BCUT2D eigenvalue weighted by atomic mass is 35.5. The van der Waals surface area contributed by atoms with E-state index in [4.69, 9.17) is 17.3 Å². The van der Waals surface area contributed by atoms with Crippen LogP contribution >= 0.6 is 11.6 Å². The monoisotopic (exact) mass is 356 g/mol. The predicted octanol–water partition coefficient (Wildman–Crippen LogP) is 0.867. The molecule has 0 spiro atoms. The zero-order valence-electron chi connectivity index (χ0n) is 12.8. The van der Waals surface area contributed by atoms with Gasteiger partial charge in [-0.2, -0.15) is 0 Å². The number of hydrogen-bond acceptors (Lipinski definition) is 5. The van der Waals surface area contributed by atoms with E-state index in [-0.39, 0.29) is 22.0 Å². The fourth-order valence-corrected chi connectivity index (χ4v) is 2.83. The quantitative estimate of drug-likeness (QED) is 0.645. The molecule has 0 aliphatic heterocycles. The lowest BCUT2D eigenvalue weighted by Gasteiger charge is -2.19. The van der Waals surface area contributed by atoms with Crippen LogP contribution in [0.15, 0.2) is 27.8 Å². The number of anilines is 1. The second-order valence-corrected chi connectivity index (χ2v) is 5.62. The highest BCUT2D eigenvalue weighted by Gasteiger charge is 2.31. The van der Waals surface area contributed by atoms with Crippen LogP contribution in [0.2, 0.25) is 5.02 Å². The molecule has 8 nitrogen and oxygen atoms in total. The van der Waals surface area contributed by atoms with Gasteiger partial charge < -0.3 is 5.73 Å². The summed E-state index contributed by atoms with van der Waals surface area (Å²) in [7, 11) is 2.52. The Labute approximate surface area is 140 Å². The van der Waals surface area contributed by atoms with Gasteiger partial charge in [-0.3, -0.25) is 24.0 Å². The maximum atomic E-state index is 14.3. The predicted molar refractivity (Wildman–Crippen MR) is 86.5 cm³/mol. The number of hydrogen-bond donors (Lipinski definition) is 1. The van der Waals surface area contributed by atoms with Crippen molar-refractivity contribution in [1.29, 1.82) is 0 Å². The Morgan fingerprint density at radius 1 is 1.29 bits per heavy atom. The Hall–Kier alpha value is -2.68. The van der Waals surface area contributed by atoms with Gasteiger partial charge in [0, 0.05) is 29.6 Å². The molecule has 24 heavy (non-hydrogen) atoms. The van der Waals surface area contributed by atoms with Gasteiger partial charge in [-0.05, 0) is 12.1 Å². The first-order valence-electron chi connectivity index (χ1n) is 6.77. The van der Waals surface area contributed by atoms with Crippen LogP contribution in [0.3, 0.4) is 0 Å². The molecule has 1 aromatic carbocycles. The molecule has 0 saturated heterocycles. The minimum Gasteiger partial charge on any atom is -0.385 e. The van der Waals surface area contributed by atoms with E-state index in [0.717, 1.165) is 15.2 Å². The Balaban J connectivity index is 2.88. The molecule has 0 saturated carbocycles. The first kappa shape index (κ1) is 17.7. The molecule has 0 amide bonds. The van der Waals surface area contributed by atoms with Gasteiger partial charge in [-0.15, -0.1) is 0 Å². The van der Waals surface area contributed by atoms with E-state index in [1.54, 1.807) is 0 Å². The number of nitrogens with zero attached hydrogens (tertiary/aromatic N) is 3. The molecule has 2 rings (SSSR count). The highest BCUT2D eigenvalue weighted by molar-refractivity contribution is 6.31. The third-order valence-corrected chi connectivity index (χ3v) is 4.10. The average molecular weight is 357 g/mol. The van der Waals surface area contributed by atoms with Gasteiger partial charge in [0.25, 0.3) is 5.56 Å². The van der Waals surface area contributed by atoms with Crippen LogP contribution in [-0.4, -0.2) is 20.6 Å². The summed E-state index contributed by atoms with van der Waals surface area (Å²) in [5.41, 5.74) is 3.85. The fraction of sp³-hybridized carbons (Fsp3) is 0.286. The molecule has 0 unspecified atom stereocenters. The smallest absolute Gasteiger partial charge is 0.332 e. The van der Waals surface area contributed by atoms with Crippen molar-refractivity contribution in [3.63, 3.8) is 0 Å². The second kappa shape index (κ2) is 6.44. The molecule has 0 aliphatic carbocycles. The standard InChI is InChI=1S/C14H14ClFN4O4/c1-18-12(17)11(13(21)19(2)14(18)22)7(6-20(23)24)10-8(15)4-3-5-9(10)16/h3-5,7H,6,17H2,1-2H3/t7-/m0/s1. The van der Waals surface area contributed by atoms with Crippen molar-refractivity contribution < 1.29 is 9.31 Å². The zero-order valence-corrected chi connectivity index (χ0v) is 13.6. The topological polar surface area (TPSA) is 113 Å². The summed E-state index contributed by atoms with van der Waals surface area (Å²) in [5, 5.41) is 11.0. The lowest BCUT2D eigenvalue weighted by molar-refractivity contribution is -0.481. The van der Waals surface area contributed by atoms with Crippen molar-refractivity contribution in [2.24, 2.45) is 14.1 Å². The zero-order chi connectivity index (χ0) is 18.2. The van der Waals surface area contributed by atoms with E-state index < -0.39 is 34.5 Å². The van der Waals surface area contributed by atoms with Crippen LogP contribution < -0.4 is 17.0 Å². The molecule has 0 fully saturated rings. The maximum Gasteiger partial charge on any atom is 0.332 e. The van der Waals surface area contributed by atoms with E-state index in [1.165, 1.54) is 26.2 Å². The summed E-state index contributed by atoms with van der Waals surface area (Å²) >= 11 is 5.99. The minimum absolute atomic E-state index is 0.0721. The number of halogens is 2. The first-order chi connectivity index (χ1) is 11.2. The van der Waals surface area contributed by atoms with Crippen molar-refractivity contribution in [2.75, 3.05) is 12.3 Å². The summed E-state index contributed by atoms with van der Waals surface area (Å²) in [6, 6.07) is 3.78. The molecule has 0 bridgehead atoms. The van der Waals surface area contributed by atoms with E-state index in [1.807, 2.05) is 0 Å². The van der Waals surface area contributed by atoms with Crippen molar-refractivity contribution >= 4 is 17.4 Å². The van der Waals surface area contributed by atoms with Crippen LogP contribution in [0.5, 0.6) is 0 Å². The molecule has 2 aromatic rings. The lowest BCUT2D eigenvalue weighted by atomic mass is 9.91. The Bertz CT molecular complexity index is 917. The number of aromatic nitrogens is 2. The van der Waals surface area contributed by atoms with E-state index in [9.17, 15) is 24.1 Å². The summed E-state index contributed by atoms with van der Waals surface area (Å²) in [4.78, 5) is 34.7. The molecule has 1 aromatic heterocycles. The average Bonchev–Trinajstić information content (AvgIpc) is 2.50.